The largest absolute Gasteiger partial charge is 0.300 e. The summed E-state index contributed by atoms with van der Waals surface area (Å²) in [5.74, 6) is 0. The zero-order valence-electron chi connectivity index (χ0n) is 11.3. The maximum atomic E-state index is 8.37. The van der Waals surface area contributed by atoms with E-state index in [0.29, 0.717) is 5.71 Å². The van der Waals surface area contributed by atoms with Gasteiger partial charge < -0.3 is 0 Å². The lowest BCUT2D eigenvalue weighted by atomic mass is 9.85. The van der Waals surface area contributed by atoms with Gasteiger partial charge in [-0.05, 0) is 54.2 Å². The van der Waals surface area contributed by atoms with E-state index >= 15 is 0 Å². The van der Waals surface area contributed by atoms with Gasteiger partial charge in [-0.2, -0.15) is 0 Å². The Morgan fingerprint density at radius 3 is 2.56 bits per heavy atom. The lowest BCUT2D eigenvalue weighted by Crippen LogP contribution is -2.07. The molecule has 2 bridgehead atoms. The van der Waals surface area contributed by atoms with E-state index in [2.05, 4.69) is 45.6 Å². The summed E-state index contributed by atoms with van der Waals surface area (Å²) in [6.07, 6.45) is 10.9. The molecule has 0 heterocycles. The van der Waals surface area contributed by atoms with Gasteiger partial charge in [-0.3, -0.25) is 5.41 Å². The lowest BCUT2D eigenvalue weighted by Gasteiger charge is -2.19. The lowest BCUT2D eigenvalue weighted by molar-refractivity contribution is 1.16. The second-order valence-corrected chi connectivity index (χ2v) is 4.67. The monoisotopic (exact) mass is 237 g/mol. The molecule has 0 aromatic heterocycles. The number of fused-ring (bicyclic) bond motifs is 1. The van der Waals surface area contributed by atoms with Crippen LogP contribution in [0.5, 0.6) is 0 Å². The van der Waals surface area contributed by atoms with E-state index < -0.39 is 0 Å². The first kappa shape index (κ1) is 12.6. The highest BCUT2D eigenvalue weighted by Gasteiger charge is 2.22. The van der Waals surface area contributed by atoms with Crippen LogP contribution in [0.4, 0.5) is 0 Å². The molecular formula is C17H19N. The van der Waals surface area contributed by atoms with Crippen LogP contribution < -0.4 is 0 Å². The van der Waals surface area contributed by atoms with Crippen molar-refractivity contribution in [1.82, 2.24) is 0 Å². The minimum atomic E-state index is 0.619. The summed E-state index contributed by atoms with van der Waals surface area (Å²) < 4.78 is 0. The fourth-order valence-electron chi connectivity index (χ4n) is 2.42. The van der Waals surface area contributed by atoms with Crippen molar-refractivity contribution in [1.29, 1.82) is 5.41 Å². The third kappa shape index (κ3) is 1.86. The maximum Gasteiger partial charge on any atom is 0.0646 e. The average Bonchev–Trinajstić information content (AvgIpc) is 2.61. The minimum absolute atomic E-state index is 0.619. The molecule has 0 radical (unpaired) electrons. The van der Waals surface area contributed by atoms with Crippen LogP contribution in [-0.2, 0) is 0 Å². The Labute approximate surface area is 109 Å². The first-order valence-corrected chi connectivity index (χ1v) is 6.33. The summed E-state index contributed by atoms with van der Waals surface area (Å²) in [5.41, 5.74) is 7.82. The fourth-order valence-corrected chi connectivity index (χ4v) is 2.42. The number of nitrogens with one attached hydrogen (secondary N) is 1. The van der Waals surface area contributed by atoms with E-state index in [1.54, 1.807) is 6.08 Å². The SMILES string of the molecule is C=C/C=C(\CC)C(=N)C1=C(C)C2=CC(=C2C)C=C1. The van der Waals surface area contributed by atoms with Gasteiger partial charge in [0.1, 0.15) is 0 Å². The van der Waals surface area contributed by atoms with Crippen molar-refractivity contribution in [2.75, 3.05) is 0 Å². The number of hydrogen-bond acceptors (Lipinski definition) is 1. The van der Waals surface area contributed by atoms with E-state index in [0.717, 1.165) is 17.6 Å². The van der Waals surface area contributed by atoms with Crippen LogP contribution in [0.3, 0.4) is 0 Å². The van der Waals surface area contributed by atoms with Gasteiger partial charge in [-0.15, -0.1) is 0 Å². The molecule has 18 heavy (non-hydrogen) atoms. The van der Waals surface area contributed by atoms with Crippen LogP contribution in [0.25, 0.3) is 0 Å². The van der Waals surface area contributed by atoms with Crippen molar-refractivity contribution in [2.45, 2.75) is 27.2 Å². The number of hydrogen-bond donors (Lipinski definition) is 1. The molecule has 3 aliphatic rings. The average molecular weight is 237 g/mol. The summed E-state index contributed by atoms with van der Waals surface area (Å²) in [7, 11) is 0. The Hall–Kier alpha value is -1.89. The van der Waals surface area contributed by atoms with Crippen LogP contribution in [0.15, 0.2) is 70.4 Å². The van der Waals surface area contributed by atoms with Gasteiger partial charge in [0.25, 0.3) is 0 Å². The third-order valence-electron chi connectivity index (χ3n) is 3.66. The molecule has 0 saturated carbocycles. The first-order valence-electron chi connectivity index (χ1n) is 6.33. The molecule has 1 heteroatoms. The second kappa shape index (κ2) is 4.77. The van der Waals surface area contributed by atoms with Gasteiger partial charge in [0.15, 0.2) is 0 Å². The highest BCUT2D eigenvalue weighted by molar-refractivity contribution is 6.13. The molecule has 0 aromatic carbocycles. The minimum Gasteiger partial charge on any atom is -0.300 e. The van der Waals surface area contributed by atoms with Gasteiger partial charge in [-0.1, -0.05) is 37.8 Å². The molecule has 0 fully saturated rings. The van der Waals surface area contributed by atoms with Crippen molar-refractivity contribution < 1.29 is 0 Å². The van der Waals surface area contributed by atoms with Gasteiger partial charge in [-0.25, -0.2) is 0 Å². The van der Waals surface area contributed by atoms with Crippen LogP contribution in [0, 0.1) is 5.41 Å². The standard InChI is InChI=1S/C17H19N/c1-5-7-13(6-2)17(18)15-9-8-14-10-16(11(14)3)12(15)4/h5,7-10,18H,1,6H2,2-4H3/b13-7+,18-17?. The van der Waals surface area contributed by atoms with Crippen molar-refractivity contribution in [3.8, 4) is 0 Å². The maximum absolute atomic E-state index is 8.37. The molecule has 0 aromatic rings. The molecule has 0 aliphatic heterocycles. The molecule has 1 N–H and O–H groups in total. The Morgan fingerprint density at radius 2 is 2.00 bits per heavy atom. The Balaban J connectivity index is 2.41. The van der Waals surface area contributed by atoms with E-state index in [1.165, 1.54) is 22.3 Å². The summed E-state index contributed by atoms with van der Waals surface area (Å²) >= 11 is 0. The Bertz CT molecular complexity index is 575. The van der Waals surface area contributed by atoms with Crippen LogP contribution in [-0.4, -0.2) is 5.71 Å². The second-order valence-electron chi connectivity index (χ2n) is 4.67. The van der Waals surface area contributed by atoms with Crippen LogP contribution in [0.1, 0.15) is 27.2 Å². The first-order chi connectivity index (χ1) is 8.60. The van der Waals surface area contributed by atoms with Crippen molar-refractivity contribution in [3.63, 3.8) is 0 Å². The molecule has 0 amide bonds. The predicted molar refractivity (Wildman–Crippen MR) is 78.9 cm³/mol. The van der Waals surface area contributed by atoms with E-state index in [4.69, 9.17) is 5.41 Å². The predicted octanol–water partition coefficient (Wildman–Crippen LogP) is 4.67. The van der Waals surface area contributed by atoms with Gasteiger partial charge in [0, 0.05) is 5.57 Å². The molecule has 0 atom stereocenters. The molecule has 3 aliphatic carbocycles. The van der Waals surface area contributed by atoms with Crippen LogP contribution >= 0.6 is 0 Å². The number of rotatable bonds is 4. The third-order valence-corrected chi connectivity index (χ3v) is 3.66. The van der Waals surface area contributed by atoms with Gasteiger partial charge >= 0.3 is 0 Å². The normalized spacial score (nSPS) is 18.4. The fraction of sp³-hybridized carbons (Fsp3) is 0.235. The van der Waals surface area contributed by atoms with E-state index in [1.807, 2.05) is 6.08 Å². The zero-order chi connectivity index (χ0) is 13.3. The van der Waals surface area contributed by atoms with Crippen LogP contribution in [0.2, 0.25) is 0 Å². The molecule has 0 spiro atoms. The smallest absolute Gasteiger partial charge is 0.0646 e. The molecule has 1 nitrogen and oxygen atoms in total. The van der Waals surface area contributed by atoms with E-state index in [9.17, 15) is 0 Å². The number of allylic oxidation sites excluding steroid dienone is 11. The van der Waals surface area contributed by atoms with Crippen molar-refractivity contribution >= 4 is 5.71 Å². The highest BCUT2D eigenvalue weighted by atomic mass is 14.4. The molecular weight excluding hydrogens is 218 g/mol. The molecule has 0 unspecified atom stereocenters. The molecule has 0 saturated heterocycles. The summed E-state index contributed by atoms with van der Waals surface area (Å²) in [4.78, 5) is 0. The molecule has 3 rings (SSSR count). The van der Waals surface area contributed by atoms with Crippen molar-refractivity contribution in [2.24, 2.45) is 0 Å². The Kier molecular flexibility index (Phi) is 3.33. The summed E-state index contributed by atoms with van der Waals surface area (Å²) in [6.45, 7) is 10.0. The zero-order valence-corrected chi connectivity index (χ0v) is 11.3. The topological polar surface area (TPSA) is 23.9 Å². The quantitative estimate of drug-likeness (QED) is 0.542. The summed E-state index contributed by atoms with van der Waals surface area (Å²) in [5, 5.41) is 8.37. The highest BCUT2D eigenvalue weighted by Crippen LogP contribution is 2.38. The van der Waals surface area contributed by atoms with Gasteiger partial charge in [0.05, 0.1) is 5.71 Å². The van der Waals surface area contributed by atoms with E-state index in [-0.39, 0.29) is 0 Å². The Morgan fingerprint density at radius 1 is 1.28 bits per heavy atom. The summed E-state index contributed by atoms with van der Waals surface area (Å²) in [6, 6.07) is 0. The molecule has 92 valence electrons. The van der Waals surface area contributed by atoms with Crippen molar-refractivity contribution in [3.05, 3.63) is 70.4 Å². The van der Waals surface area contributed by atoms with Gasteiger partial charge in [0.2, 0.25) is 0 Å².